The number of rotatable bonds is 6. The predicted octanol–water partition coefficient (Wildman–Crippen LogP) is 4.53. The molecule has 0 radical (unpaired) electrons. The van der Waals surface area contributed by atoms with Crippen LogP contribution in [-0.4, -0.2) is 12.0 Å². The van der Waals surface area contributed by atoms with Crippen molar-refractivity contribution in [2.75, 3.05) is 5.32 Å². The van der Waals surface area contributed by atoms with Crippen LogP contribution in [0.2, 0.25) is 0 Å². The lowest BCUT2D eigenvalue weighted by Crippen LogP contribution is -2.31. The molecule has 0 bridgehead atoms. The summed E-state index contributed by atoms with van der Waals surface area (Å²) in [5.74, 6) is 0.592. The van der Waals surface area contributed by atoms with Gasteiger partial charge >= 0.3 is 0 Å². The number of carbonyl (C=O) groups excluding carboxylic acids is 1. The summed E-state index contributed by atoms with van der Waals surface area (Å²) in [7, 11) is 0. The van der Waals surface area contributed by atoms with Crippen LogP contribution < -0.4 is 10.1 Å². The number of hydrogen-bond donors (Lipinski definition) is 1. The topological polar surface area (TPSA) is 38.3 Å². The average Bonchev–Trinajstić information content (AvgIpc) is 2.54. The molecular formula is C20H25NO2. The Morgan fingerprint density at radius 3 is 2.26 bits per heavy atom. The molecule has 122 valence electrons. The molecule has 0 aromatic heterocycles. The van der Waals surface area contributed by atoms with E-state index in [1.165, 1.54) is 0 Å². The summed E-state index contributed by atoms with van der Waals surface area (Å²) in [6.45, 7) is 7.97. The van der Waals surface area contributed by atoms with Crippen LogP contribution >= 0.6 is 0 Å². The Labute approximate surface area is 138 Å². The molecule has 1 amide bonds. The maximum Gasteiger partial charge on any atom is 0.265 e. The molecule has 0 saturated carbocycles. The minimum Gasteiger partial charge on any atom is -0.481 e. The highest BCUT2D eigenvalue weighted by Gasteiger charge is 2.17. The number of benzene rings is 2. The molecule has 2 aromatic rings. The Hall–Kier alpha value is -2.29. The van der Waals surface area contributed by atoms with Gasteiger partial charge in [0, 0.05) is 5.69 Å². The molecule has 3 heteroatoms. The van der Waals surface area contributed by atoms with Gasteiger partial charge in [0.1, 0.15) is 5.75 Å². The molecule has 1 N–H and O–H groups in total. The SMILES string of the molecule is CCc1cccc(CC)c1NC(=O)C(C)Oc1cccc(C)c1. The highest BCUT2D eigenvalue weighted by atomic mass is 16.5. The van der Waals surface area contributed by atoms with Gasteiger partial charge in [0.25, 0.3) is 5.91 Å². The predicted molar refractivity (Wildman–Crippen MR) is 95.1 cm³/mol. The summed E-state index contributed by atoms with van der Waals surface area (Å²) < 4.78 is 5.76. The van der Waals surface area contributed by atoms with Crippen LogP contribution in [0.3, 0.4) is 0 Å². The normalized spacial score (nSPS) is 11.8. The molecule has 23 heavy (non-hydrogen) atoms. The molecule has 1 unspecified atom stereocenters. The van der Waals surface area contributed by atoms with Crippen LogP contribution in [0.15, 0.2) is 42.5 Å². The van der Waals surface area contributed by atoms with Gasteiger partial charge in [0.15, 0.2) is 6.10 Å². The van der Waals surface area contributed by atoms with Gasteiger partial charge in [-0.05, 0) is 55.5 Å². The van der Waals surface area contributed by atoms with Gasteiger partial charge in [0.2, 0.25) is 0 Å². The minimum atomic E-state index is -0.550. The molecule has 0 saturated heterocycles. The summed E-state index contributed by atoms with van der Waals surface area (Å²) >= 11 is 0. The van der Waals surface area contributed by atoms with Gasteiger partial charge in [-0.3, -0.25) is 4.79 Å². The Kier molecular flexibility index (Phi) is 5.80. The molecule has 2 aromatic carbocycles. The summed E-state index contributed by atoms with van der Waals surface area (Å²) in [4.78, 5) is 12.5. The Morgan fingerprint density at radius 2 is 1.70 bits per heavy atom. The number of anilines is 1. The van der Waals surface area contributed by atoms with Gasteiger partial charge < -0.3 is 10.1 Å². The first-order chi connectivity index (χ1) is 11.0. The lowest BCUT2D eigenvalue weighted by Gasteiger charge is -2.18. The number of ether oxygens (including phenoxy) is 1. The zero-order chi connectivity index (χ0) is 16.8. The van der Waals surface area contributed by atoms with Crippen molar-refractivity contribution in [3.05, 3.63) is 59.2 Å². The third-order valence-corrected chi connectivity index (χ3v) is 3.92. The maximum absolute atomic E-state index is 12.5. The van der Waals surface area contributed by atoms with E-state index in [0.29, 0.717) is 5.75 Å². The fraction of sp³-hybridized carbons (Fsp3) is 0.350. The number of aryl methyl sites for hydroxylation is 3. The molecule has 0 aliphatic carbocycles. The van der Waals surface area contributed by atoms with Crippen LogP contribution in [0.5, 0.6) is 5.75 Å². The number of hydrogen-bond acceptors (Lipinski definition) is 2. The first-order valence-corrected chi connectivity index (χ1v) is 8.20. The van der Waals surface area contributed by atoms with E-state index in [9.17, 15) is 4.79 Å². The molecule has 1 atom stereocenters. The van der Waals surface area contributed by atoms with Crippen LogP contribution in [0.25, 0.3) is 0 Å². The lowest BCUT2D eigenvalue weighted by atomic mass is 10.0. The summed E-state index contributed by atoms with van der Waals surface area (Å²) in [6, 6.07) is 13.9. The molecule has 0 fully saturated rings. The Morgan fingerprint density at radius 1 is 1.09 bits per heavy atom. The van der Waals surface area contributed by atoms with Crippen LogP contribution in [0.1, 0.15) is 37.5 Å². The summed E-state index contributed by atoms with van der Waals surface area (Å²) in [6.07, 6.45) is 1.22. The zero-order valence-electron chi connectivity index (χ0n) is 14.3. The average molecular weight is 311 g/mol. The van der Waals surface area contributed by atoms with Crippen LogP contribution in [-0.2, 0) is 17.6 Å². The zero-order valence-corrected chi connectivity index (χ0v) is 14.3. The van der Waals surface area contributed by atoms with Crippen molar-refractivity contribution < 1.29 is 9.53 Å². The number of amides is 1. The molecule has 0 spiro atoms. The molecule has 0 aliphatic rings. The largest absolute Gasteiger partial charge is 0.481 e. The Bertz CT molecular complexity index is 657. The number of carbonyl (C=O) groups is 1. The van der Waals surface area contributed by atoms with Crippen molar-refractivity contribution in [2.24, 2.45) is 0 Å². The second-order valence-electron chi connectivity index (χ2n) is 5.72. The van der Waals surface area contributed by atoms with Crippen LogP contribution in [0, 0.1) is 6.92 Å². The van der Waals surface area contributed by atoms with Crippen molar-refractivity contribution in [3.63, 3.8) is 0 Å². The van der Waals surface area contributed by atoms with Gasteiger partial charge in [-0.15, -0.1) is 0 Å². The van der Waals surface area contributed by atoms with E-state index in [-0.39, 0.29) is 5.91 Å². The first kappa shape index (κ1) is 17.1. The van der Waals surface area contributed by atoms with Gasteiger partial charge in [-0.1, -0.05) is 44.2 Å². The maximum atomic E-state index is 12.5. The molecule has 0 aliphatic heterocycles. The fourth-order valence-electron chi connectivity index (χ4n) is 2.57. The monoisotopic (exact) mass is 311 g/mol. The third-order valence-electron chi connectivity index (χ3n) is 3.92. The molecule has 0 heterocycles. The minimum absolute atomic E-state index is 0.123. The lowest BCUT2D eigenvalue weighted by molar-refractivity contribution is -0.122. The van der Waals surface area contributed by atoms with E-state index >= 15 is 0 Å². The van der Waals surface area contributed by atoms with Gasteiger partial charge in [0.05, 0.1) is 0 Å². The van der Waals surface area contributed by atoms with Crippen molar-refractivity contribution in [3.8, 4) is 5.75 Å². The van der Waals surface area contributed by atoms with E-state index in [4.69, 9.17) is 4.74 Å². The molecular weight excluding hydrogens is 286 g/mol. The van der Waals surface area contributed by atoms with Crippen molar-refractivity contribution >= 4 is 11.6 Å². The van der Waals surface area contributed by atoms with E-state index in [1.54, 1.807) is 6.92 Å². The standard InChI is InChI=1S/C20H25NO2/c1-5-16-10-8-11-17(6-2)19(16)21-20(22)15(4)23-18-12-7-9-14(3)13-18/h7-13,15H,5-6H2,1-4H3,(H,21,22). The van der Waals surface area contributed by atoms with Crippen molar-refractivity contribution in [1.82, 2.24) is 0 Å². The Balaban J connectivity index is 2.12. The van der Waals surface area contributed by atoms with Gasteiger partial charge in [-0.2, -0.15) is 0 Å². The molecule has 2 rings (SSSR count). The number of para-hydroxylation sites is 1. The highest BCUT2D eigenvalue weighted by molar-refractivity contribution is 5.95. The van der Waals surface area contributed by atoms with E-state index in [0.717, 1.165) is 35.2 Å². The van der Waals surface area contributed by atoms with Crippen molar-refractivity contribution in [1.29, 1.82) is 0 Å². The third kappa shape index (κ3) is 4.35. The second kappa shape index (κ2) is 7.82. The van der Waals surface area contributed by atoms with Crippen LogP contribution in [0.4, 0.5) is 5.69 Å². The highest BCUT2D eigenvalue weighted by Crippen LogP contribution is 2.23. The van der Waals surface area contributed by atoms with Gasteiger partial charge in [-0.25, -0.2) is 0 Å². The summed E-state index contributed by atoms with van der Waals surface area (Å²) in [5, 5.41) is 3.05. The smallest absolute Gasteiger partial charge is 0.265 e. The van der Waals surface area contributed by atoms with E-state index in [2.05, 4.69) is 31.3 Å². The van der Waals surface area contributed by atoms with Crippen molar-refractivity contribution in [2.45, 2.75) is 46.6 Å². The molecule has 3 nitrogen and oxygen atoms in total. The van der Waals surface area contributed by atoms with E-state index in [1.807, 2.05) is 37.3 Å². The summed E-state index contributed by atoms with van der Waals surface area (Å²) in [5.41, 5.74) is 4.35. The fourth-order valence-corrected chi connectivity index (χ4v) is 2.57. The first-order valence-electron chi connectivity index (χ1n) is 8.20. The number of nitrogens with one attached hydrogen (secondary N) is 1. The van der Waals surface area contributed by atoms with E-state index < -0.39 is 6.10 Å². The quantitative estimate of drug-likeness (QED) is 0.851. The second-order valence-corrected chi connectivity index (χ2v) is 5.72.